The van der Waals surface area contributed by atoms with Gasteiger partial charge in [-0.15, -0.1) is 0 Å². The van der Waals surface area contributed by atoms with Gasteiger partial charge in [-0.1, -0.05) is 24.3 Å². The average Bonchev–Trinajstić information content (AvgIpc) is 3.00. The Morgan fingerprint density at radius 3 is 2.76 bits per heavy atom. The first-order chi connectivity index (χ1) is 10.2. The number of hydrazine groups is 1. The molecule has 0 bridgehead atoms. The van der Waals surface area contributed by atoms with E-state index in [2.05, 4.69) is 21.2 Å². The second-order valence-corrected chi connectivity index (χ2v) is 5.19. The van der Waals surface area contributed by atoms with Crippen molar-refractivity contribution in [1.82, 2.24) is 15.8 Å². The number of pyridine rings is 1. The molecule has 1 aromatic carbocycles. The van der Waals surface area contributed by atoms with Crippen molar-refractivity contribution in [2.75, 3.05) is 5.32 Å². The van der Waals surface area contributed by atoms with Gasteiger partial charge < -0.3 is 5.32 Å². The highest BCUT2D eigenvalue weighted by Gasteiger charge is 2.30. The molecule has 1 fully saturated rings. The molecule has 1 saturated heterocycles. The van der Waals surface area contributed by atoms with Crippen molar-refractivity contribution >= 4 is 11.6 Å². The number of amides is 1. The molecule has 0 saturated carbocycles. The molecule has 21 heavy (non-hydrogen) atoms. The number of rotatable bonds is 3. The van der Waals surface area contributed by atoms with Gasteiger partial charge in [0.05, 0.1) is 11.7 Å². The Bertz CT molecular complexity index is 629. The fourth-order valence-electron chi connectivity index (χ4n) is 2.44. The van der Waals surface area contributed by atoms with Gasteiger partial charge in [-0.05, 0) is 37.1 Å². The van der Waals surface area contributed by atoms with Crippen LogP contribution in [0.2, 0.25) is 0 Å². The molecule has 2 heterocycles. The Hall–Kier alpha value is -2.24. The number of hydrogen-bond donors (Lipinski definition) is 3. The van der Waals surface area contributed by atoms with Crippen LogP contribution in [0.3, 0.4) is 0 Å². The molecule has 1 amide bonds. The molecular formula is C16H18N4O. The van der Waals surface area contributed by atoms with Crippen LogP contribution in [0.25, 0.3) is 0 Å². The smallest absolute Gasteiger partial charge is 0.242 e. The van der Waals surface area contributed by atoms with Gasteiger partial charge in [-0.2, -0.15) is 0 Å². The third-order valence-electron chi connectivity index (χ3n) is 3.67. The summed E-state index contributed by atoms with van der Waals surface area (Å²) in [6, 6.07) is 13.3. The lowest BCUT2D eigenvalue weighted by Gasteiger charge is -2.12. The molecule has 2 aromatic rings. The van der Waals surface area contributed by atoms with Crippen LogP contribution in [0.15, 0.2) is 48.7 Å². The van der Waals surface area contributed by atoms with Gasteiger partial charge in [0.1, 0.15) is 6.04 Å². The van der Waals surface area contributed by atoms with Gasteiger partial charge in [0.25, 0.3) is 0 Å². The Morgan fingerprint density at radius 2 is 2.00 bits per heavy atom. The number of anilines is 1. The molecule has 5 heteroatoms. The lowest BCUT2D eigenvalue weighted by atomic mass is 10.1. The lowest BCUT2D eigenvalue weighted by molar-refractivity contribution is -0.117. The van der Waals surface area contributed by atoms with E-state index in [4.69, 9.17) is 0 Å². The monoisotopic (exact) mass is 282 g/mol. The second-order valence-electron chi connectivity index (χ2n) is 5.19. The molecule has 2 unspecified atom stereocenters. The fraction of sp³-hybridized carbons (Fsp3) is 0.250. The predicted molar refractivity (Wildman–Crippen MR) is 81.5 cm³/mol. The summed E-state index contributed by atoms with van der Waals surface area (Å²) in [5.41, 5.74) is 9.02. The molecule has 3 N–H and O–H groups in total. The van der Waals surface area contributed by atoms with Gasteiger partial charge >= 0.3 is 0 Å². The van der Waals surface area contributed by atoms with Crippen molar-refractivity contribution < 1.29 is 4.79 Å². The standard InChI is InChI=1S/C16H18N4O/c1-11-6-2-3-7-12(11)18-16(21)15-10-14(19-20-15)13-8-4-5-9-17-13/h2-9,14-15,19-20H,10H2,1H3,(H,18,21). The summed E-state index contributed by atoms with van der Waals surface area (Å²) in [6.07, 6.45) is 2.44. The molecule has 1 aliphatic rings. The predicted octanol–water partition coefficient (Wildman–Crippen LogP) is 1.94. The third-order valence-corrected chi connectivity index (χ3v) is 3.67. The Morgan fingerprint density at radius 1 is 1.19 bits per heavy atom. The topological polar surface area (TPSA) is 66.0 Å². The van der Waals surface area contributed by atoms with E-state index in [0.717, 1.165) is 16.9 Å². The highest BCUT2D eigenvalue weighted by Crippen LogP contribution is 2.21. The van der Waals surface area contributed by atoms with Gasteiger partial charge in [-0.3, -0.25) is 9.78 Å². The zero-order valence-electron chi connectivity index (χ0n) is 11.8. The maximum absolute atomic E-state index is 12.3. The van der Waals surface area contributed by atoms with E-state index >= 15 is 0 Å². The number of hydrogen-bond acceptors (Lipinski definition) is 4. The maximum atomic E-state index is 12.3. The number of para-hydroxylation sites is 1. The SMILES string of the molecule is Cc1ccccc1NC(=O)C1CC(c2ccccn2)NN1. The molecule has 0 spiro atoms. The van der Waals surface area contributed by atoms with Crippen LogP contribution < -0.4 is 16.2 Å². The second kappa shape index (κ2) is 6.03. The summed E-state index contributed by atoms with van der Waals surface area (Å²) in [5.74, 6) is -0.0322. The normalized spacial score (nSPS) is 21.2. The van der Waals surface area contributed by atoms with E-state index in [1.807, 2.05) is 49.4 Å². The molecule has 3 rings (SSSR count). The minimum absolute atomic E-state index is 0.0322. The third kappa shape index (κ3) is 3.09. The molecule has 108 valence electrons. The van der Waals surface area contributed by atoms with Gasteiger partial charge in [-0.25, -0.2) is 10.9 Å². The molecule has 5 nitrogen and oxygen atoms in total. The van der Waals surface area contributed by atoms with E-state index in [1.165, 1.54) is 0 Å². The summed E-state index contributed by atoms with van der Waals surface area (Å²) in [5, 5.41) is 2.96. The van der Waals surface area contributed by atoms with Gasteiger partial charge in [0, 0.05) is 11.9 Å². The fourth-order valence-corrected chi connectivity index (χ4v) is 2.44. The summed E-state index contributed by atoms with van der Waals surface area (Å²) < 4.78 is 0. The van der Waals surface area contributed by atoms with Crippen molar-refractivity contribution in [1.29, 1.82) is 0 Å². The zero-order chi connectivity index (χ0) is 14.7. The Kier molecular flexibility index (Phi) is 3.94. The molecule has 0 aliphatic carbocycles. The first-order valence-electron chi connectivity index (χ1n) is 7.02. The van der Waals surface area contributed by atoms with Crippen LogP contribution in [0.1, 0.15) is 23.7 Å². The summed E-state index contributed by atoms with van der Waals surface area (Å²) in [6.45, 7) is 1.98. The summed E-state index contributed by atoms with van der Waals surface area (Å²) >= 11 is 0. The van der Waals surface area contributed by atoms with E-state index in [1.54, 1.807) is 6.20 Å². The number of benzene rings is 1. The number of carbonyl (C=O) groups excluding carboxylic acids is 1. The van der Waals surface area contributed by atoms with Crippen LogP contribution in [-0.2, 0) is 4.79 Å². The number of nitrogens with zero attached hydrogens (tertiary/aromatic N) is 1. The van der Waals surface area contributed by atoms with Crippen LogP contribution in [0.4, 0.5) is 5.69 Å². The van der Waals surface area contributed by atoms with Crippen LogP contribution >= 0.6 is 0 Å². The van der Waals surface area contributed by atoms with Crippen molar-refractivity contribution in [2.24, 2.45) is 0 Å². The minimum atomic E-state index is -0.267. The Labute approximate surface area is 123 Å². The number of carbonyl (C=O) groups is 1. The van der Waals surface area contributed by atoms with Crippen LogP contribution in [-0.4, -0.2) is 16.9 Å². The highest BCUT2D eigenvalue weighted by atomic mass is 16.2. The van der Waals surface area contributed by atoms with E-state index < -0.39 is 0 Å². The maximum Gasteiger partial charge on any atom is 0.242 e. The molecule has 2 atom stereocenters. The quantitative estimate of drug-likeness (QED) is 0.805. The van der Waals surface area contributed by atoms with E-state index in [-0.39, 0.29) is 18.0 Å². The van der Waals surface area contributed by atoms with Gasteiger partial charge in [0.15, 0.2) is 0 Å². The van der Waals surface area contributed by atoms with Crippen molar-refractivity contribution in [3.63, 3.8) is 0 Å². The number of nitrogens with one attached hydrogen (secondary N) is 3. The summed E-state index contributed by atoms with van der Waals surface area (Å²) in [7, 11) is 0. The molecule has 1 aromatic heterocycles. The first-order valence-corrected chi connectivity index (χ1v) is 7.02. The molecular weight excluding hydrogens is 264 g/mol. The minimum Gasteiger partial charge on any atom is -0.324 e. The average molecular weight is 282 g/mol. The van der Waals surface area contributed by atoms with Crippen LogP contribution in [0, 0.1) is 6.92 Å². The molecule has 1 aliphatic heterocycles. The Balaban J connectivity index is 1.64. The van der Waals surface area contributed by atoms with E-state index in [9.17, 15) is 4.79 Å². The van der Waals surface area contributed by atoms with Crippen molar-refractivity contribution in [3.05, 3.63) is 59.9 Å². The summed E-state index contributed by atoms with van der Waals surface area (Å²) in [4.78, 5) is 16.6. The molecule has 0 radical (unpaired) electrons. The first kappa shape index (κ1) is 13.7. The van der Waals surface area contributed by atoms with E-state index in [0.29, 0.717) is 6.42 Å². The lowest BCUT2D eigenvalue weighted by Crippen LogP contribution is -2.39. The van der Waals surface area contributed by atoms with Crippen molar-refractivity contribution in [2.45, 2.75) is 25.4 Å². The van der Waals surface area contributed by atoms with Crippen molar-refractivity contribution in [3.8, 4) is 0 Å². The van der Waals surface area contributed by atoms with Gasteiger partial charge in [0.2, 0.25) is 5.91 Å². The number of aryl methyl sites for hydroxylation is 1. The largest absolute Gasteiger partial charge is 0.324 e. The number of aromatic nitrogens is 1. The van der Waals surface area contributed by atoms with Crippen LogP contribution in [0.5, 0.6) is 0 Å². The highest BCUT2D eigenvalue weighted by molar-refractivity contribution is 5.95. The zero-order valence-corrected chi connectivity index (χ0v) is 11.8.